The maximum Gasteiger partial charge on any atom is 0.246 e. The third-order valence-corrected chi connectivity index (χ3v) is 4.78. The molecule has 26 heavy (non-hydrogen) atoms. The molecule has 2 heterocycles. The van der Waals surface area contributed by atoms with E-state index in [1.54, 1.807) is 19.1 Å². The van der Waals surface area contributed by atoms with Crippen LogP contribution >= 0.6 is 0 Å². The van der Waals surface area contributed by atoms with Crippen molar-refractivity contribution in [1.29, 1.82) is 0 Å². The van der Waals surface area contributed by atoms with Crippen molar-refractivity contribution in [3.8, 4) is 0 Å². The van der Waals surface area contributed by atoms with E-state index < -0.39 is 6.04 Å². The summed E-state index contributed by atoms with van der Waals surface area (Å²) in [5, 5.41) is 3.94. The van der Waals surface area contributed by atoms with Gasteiger partial charge < -0.3 is 14.3 Å². The topological polar surface area (TPSA) is 79.5 Å². The Morgan fingerprint density at radius 2 is 2.08 bits per heavy atom. The second-order valence-corrected chi connectivity index (χ2v) is 6.84. The van der Waals surface area contributed by atoms with Crippen LogP contribution in [0.1, 0.15) is 43.0 Å². The highest BCUT2D eigenvalue weighted by atomic mass is 19.1. The minimum absolute atomic E-state index is 0.0523. The van der Waals surface area contributed by atoms with E-state index in [-0.39, 0.29) is 37.3 Å². The Labute approximate surface area is 149 Å². The van der Waals surface area contributed by atoms with Crippen LogP contribution in [0.2, 0.25) is 0 Å². The SMILES string of the molecule is C[C@H]1C(=O)N(Cc2cccc(F)c2)CC(=O)N1Cc1nc(C2CC2)no1. The number of rotatable bonds is 5. The molecule has 2 aromatic rings. The standard InChI is InChI=1S/C18H19FN4O3/c1-11-18(25)22(8-12-3-2-4-14(19)7-12)10-16(24)23(11)9-15-20-17(21-26-15)13-5-6-13/h2-4,7,11,13H,5-6,8-10H2,1H3/t11-/m0/s1. The summed E-state index contributed by atoms with van der Waals surface area (Å²) in [4.78, 5) is 32.4. The molecular formula is C18H19FN4O3. The monoisotopic (exact) mass is 358 g/mol. The fourth-order valence-electron chi connectivity index (χ4n) is 3.15. The summed E-state index contributed by atoms with van der Waals surface area (Å²) in [6.07, 6.45) is 2.12. The van der Waals surface area contributed by atoms with E-state index in [1.807, 2.05) is 0 Å². The molecule has 0 N–H and O–H groups in total. The quantitative estimate of drug-likeness (QED) is 0.815. The van der Waals surface area contributed by atoms with Gasteiger partial charge >= 0.3 is 0 Å². The molecule has 1 aliphatic heterocycles. The molecule has 1 atom stereocenters. The summed E-state index contributed by atoms with van der Waals surface area (Å²) in [7, 11) is 0. The third-order valence-electron chi connectivity index (χ3n) is 4.78. The molecule has 136 valence electrons. The van der Waals surface area contributed by atoms with Crippen molar-refractivity contribution in [3.05, 3.63) is 47.4 Å². The number of amides is 2. The summed E-state index contributed by atoms with van der Waals surface area (Å²) in [6, 6.07) is 5.39. The first kappa shape index (κ1) is 16.7. The van der Waals surface area contributed by atoms with Crippen LogP contribution in [-0.2, 0) is 22.7 Å². The lowest BCUT2D eigenvalue weighted by atomic mass is 10.1. The van der Waals surface area contributed by atoms with Crippen LogP contribution in [-0.4, -0.2) is 44.3 Å². The number of carbonyl (C=O) groups is 2. The summed E-state index contributed by atoms with van der Waals surface area (Å²) >= 11 is 0. The van der Waals surface area contributed by atoms with Crippen LogP contribution in [0.4, 0.5) is 4.39 Å². The van der Waals surface area contributed by atoms with Gasteiger partial charge in [-0.1, -0.05) is 17.3 Å². The zero-order valence-electron chi connectivity index (χ0n) is 14.4. The summed E-state index contributed by atoms with van der Waals surface area (Å²) in [5.41, 5.74) is 0.651. The molecule has 4 rings (SSSR count). The van der Waals surface area contributed by atoms with Gasteiger partial charge in [0.15, 0.2) is 5.82 Å². The summed E-state index contributed by atoms with van der Waals surface area (Å²) < 4.78 is 18.6. The van der Waals surface area contributed by atoms with Crippen LogP contribution in [0.25, 0.3) is 0 Å². The van der Waals surface area contributed by atoms with Crippen molar-refractivity contribution < 1.29 is 18.5 Å². The normalized spacial score (nSPS) is 20.8. The molecular weight excluding hydrogens is 339 g/mol. The predicted octanol–water partition coefficient (Wildman–Crippen LogP) is 1.85. The zero-order chi connectivity index (χ0) is 18.3. The molecule has 8 heteroatoms. The number of halogens is 1. The fraction of sp³-hybridized carbons (Fsp3) is 0.444. The highest BCUT2D eigenvalue weighted by Gasteiger charge is 2.37. The minimum atomic E-state index is -0.638. The first-order valence-corrected chi connectivity index (χ1v) is 8.66. The van der Waals surface area contributed by atoms with E-state index in [2.05, 4.69) is 10.1 Å². The number of aromatic nitrogens is 2. The largest absolute Gasteiger partial charge is 0.337 e. The van der Waals surface area contributed by atoms with E-state index >= 15 is 0 Å². The van der Waals surface area contributed by atoms with Gasteiger partial charge in [-0.25, -0.2) is 4.39 Å². The van der Waals surface area contributed by atoms with Crippen LogP contribution in [0.5, 0.6) is 0 Å². The maximum absolute atomic E-state index is 13.3. The van der Waals surface area contributed by atoms with Crippen LogP contribution in [0.3, 0.4) is 0 Å². The third kappa shape index (κ3) is 3.31. The van der Waals surface area contributed by atoms with Crippen molar-refractivity contribution in [2.75, 3.05) is 6.54 Å². The number of nitrogens with zero attached hydrogens (tertiary/aromatic N) is 4. The second-order valence-electron chi connectivity index (χ2n) is 6.84. The lowest BCUT2D eigenvalue weighted by Gasteiger charge is -2.38. The van der Waals surface area contributed by atoms with E-state index in [0.29, 0.717) is 23.2 Å². The van der Waals surface area contributed by atoms with Gasteiger partial charge in [-0.15, -0.1) is 0 Å². The number of hydrogen-bond donors (Lipinski definition) is 0. The summed E-state index contributed by atoms with van der Waals surface area (Å²) in [5.74, 6) is 0.645. The molecule has 0 spiro atoms. The van der Waals surface area contributed by atoms with Crippen LogP contribution in [0.15, 0.2) is 28.8 Å². The number of piperazine rings is 1. The smallest absolute Gasteiger partial charge is 0.246 e. The molecule has 0 unspecified atom stereocenters. The molecule has 0 bridgehead atoms. The Morgan fingerprint density at radius 3 is 2.81 bits per heavy atom. The molecule has 2 aliphatic rings. The Bertz CT molecular complexity index is 848. The average molecular weight is 358 g/mol. The second kappa shape index (κ2) is 6.51. The highest BCUT2D eigenvalue weighted by molar-refractivity contribution is 5.94. The molecule has 1 saturated heterocycles. The number of hydrogen-bond acceptors (Lipinski definition) is 5. The maximum atomic E-state index is 13.3. The molecule has 0 radical (unpaired) electrons. The van der Waals surface area contributed by atoms with Gasteiger partial charge in [0.2, 0.25) is 17.7 Å². The van der Waals surface area contributed by atoms with Gasteiger partial charge in [0.1, 0.15) is 24.9 Å². The molecule has 1 aromatic carbocycles. The van der Waals surface area contributed by atoms with Gasteiger partial charge in [0, 0.05) is 12.5 Å². The van der Waals surface area contributed by atoms with E-state index in [9.17, 15) is 14.0 Å². The molecule has 7 nitrogen and oxygen atoms in total. The Hall–Kier alpha value is -2.77. The number of carbonyl (C=O) groups excluding carboxylic acids is 2. The lowest BCUT2D eigenvalue weighted by Crippen LogP contribution is -2.58. The molecule has 1 aliphatic carbocycles. The Morgan fingerprint density at radius 1 is 1.27 bits per heavy atom. The minimum Gasteiger partial charge on any atom is -0.337 e. The fourth-order valence-corrected chi connectivity index (χ4v) is 3.15. The molecule has 1 saturated carbocycles. The van der Waals surface area contributed by atoms with Crippen molar-refractivity contribution in [2.45, 2.75) is 44.8 Å². The molecule has 1 aromatic heterocycles. The van der Waals surface area contributed by atoms with Crippen LogP contribution in [0, 0.1) is 5.82 Å². The van der Waals surface area contributed by atoms with Crippen molar-refractivity contribution in [1.82, 2.24) is 19.9 Å². The van der Waals surface area contributed by atoms with Gasteiger partial charge in [0.05, 0.1) is 0 Å². The Balaban J connectivity index is 1.44. The van der Waals surface area contributed by atoms with E-state index in [4.69, 9.17) is 4.52 Å². The van der Waals surface area contributed by atoms with Gasteiger partial charge in [-0.2, -0.15) is 4.98 Å². The van der Waals surface area contributed by atoms with Gasteiger partial charge in [-0.05, 0) is 37.5 Å². The van der Waals surface area contributed by atoms with Gasteiger partial charge in [0.25, 0.3) is 0 Å². The predicted molar refractivity (Wildman–Crippen MR) is 88.1 cm³/mol. The van der Waals surface area contributed by atoms with E-state index in [1.165, 1.54) is 21.9 Å². The first-order chi connectivity index (χ1) is 12.5. The van der Waals surface area contributed by atoms with Crippen molar-refractivity contribution in [3.63, 3.8) is 0 Å². The Kier molecular flexibility index (Phi) is 4.18. The van der Waals surface area contributed by atoms with Crippen LogP contribution < -0.4 is 0 Å². The zero-order valence-corrected chi connectivity index (χ0v) is 14.4. The molecule has 2 fully saturated rings. The first-order valence-electron chi connectivity index (χ1n) is 8.66. The van der Waals surface area contributed by atoms with Crippen molar-refractivity contribution in [2.24, 2.45) is 0 Å². The summed E-state index contributed by atoms with van der Waals surface area (Å²) in [6.45, 7) is 1.95. The van der Waals surface area contributed by atoms with Gasteiger partial charge in [-0.3, -0.25) is 9.59 Å². The average Bonchev–Trinajstić information content (AvgIpc) is 3.35. The molecule has 2 amide bonds. The lowest BCUT2D eigenvalue weighted by molar-refractivity contribution is -0.156. The number of benzene rings is 1. The van der Waals surface area contributed by atoms with E-state index in [0.717, 1.165) is 12.8 Å². The van der Waals surface area contributed by atoms with Crippen molar-refractivity contribution >= 4 is 11.8 Å². The highest BCUT2D eigenvalue weighted by Crippen LogP contribution is 2.38.